The second kappa shape index (κ2) is 6.41. The van der Waals surface area contributed by atoms with E-state index < -0.39 is 18.1 Å². The van der Waals surface area contributed by atoms with Gasteiger partial charge < -0.3 is 10.0 Å². The minimum Gasteiger partial charge on any atom is -0.505 e. The number of nitrogens with zero attached hydrogens (tertiary/aromatic N) is 3. The molecule has 1 rings (SSSR count). The highest BCUT2D eigenvalue weighted by molar-refractivity contribution is 5.82. The molecular weight excluding hydrogens is 263 g/mol. The van der Waals surface area contributed by atoms with Crippen molar-refractivity contribution in [3.05, 3.63) is 16.9 Å². The fraction of sp³-hybridized carbons (Fsp3) is 0.727. The minimum atomic E-state index is -4.87. The molecule has 1 fully saturated rings. The van der Waals surface area contributed by atoms with Crippen molar-refractivity contribution >= 4 is 5.91 Å². The quantitative estimate of drug-likeness (QED) is 0.637. The number of likely N-dealkylation sites (tertiary alicyclic amines) is 1. The second-order valence-corrected chi connectivity index (χ2v) is 4.42. The monoisotopic (exact) mass is 278 g/mol. The summed E-state index contributed by atoms with van der Waals surface area (Å²) in [5, 5.41) is 17.4. The number of allylic oxidation sites excluding steroid dienone is 1. The van der Waals surface area contributed by atoms with Gasteiger partial charge in [0.05, 0.1) is 0 Å². The van der Waals surface area contributed by atoms with E-state index in [1.54, 1.807) is 0 Å². The summed E-state index contributed by atoms with van der Waals surface area (Å²) in [6.07, 6.45) is -2.00. The van der Waals surface area contributed by atoms with Gasteiger partial charge in [0, 0.05) is 19.0 Å². The van der Waals surface area contributed by atoms with Crippen LogP contribution in [0.3, 0.4) is 0 Å². The molecule has 5 nitrogen and oxygen atoms in total. The molecule has 0 aromatic carbocycles. The average molecular weight is 278 g/mol. The number of aliphatic hydroxyl groups is 1. The number of carbonyl (C=O) groups excluding carboxylic acids is 1. The highest BCUT2D eigenvalue weighted by Crippen LogP contribution is 2.27. The third-order valence-electron chi connectivity index (χ3n) is 3.07. The smallest absolute Gasteiger partial charge is 0.471 e. The van der Waals surface area contributed by atoms with E-state index in [4.69, 9.17) is 5.39 Å². The molecule has 1 aliphatic rings. The van der Waals surface area contributed by atoms with E-state index in [2.05, 4.69) is 4.98 Å². The van der Waals surface area contributed by atoms with Crippen LogP contribution < -0.4 is 0 Å². The van der Waals surface area contributed by atoms with E-state index in [0.29, 0.717) is 12.8 Å². The molecule has 1 heterocycles. The van der Waals surface area contributed by atoms with E-state index in [-0.39, 0.29) is 25.1 Å². The molecular formula is C11H15F3N3O2+. The van der Waals surface area contributed by atoms with Gasteiger partial charge in [-0.15, -0.1) is 0 Å². The molecule has 8 heteroatoms. The Morgan fingerprint density at radius 1 is 1.47 bits per heavy atom. The Morgan fingerprint density at radius 2 is 2.16 bits per heavy atom. The van der Waals surface area contributed by atoms with E-state index in [9.17, 15) is 23.1 Å². The highest BCUT2D eigenvalue weighted by Gasteiger charge is 2.44. The van der Waals surface area contributed by atoms with E-state index in [1.807, 2.05) is 0 Å². The lowest BCUT2D eigenvalue weighted by Crippen LogP contribution is -2.49. The summed E-state index contributed by atoms with van der Waals surface area (Å²) >= 11 is 0. The molecule has 1 amide bonds. The minimum absolute atomic E-state index is 0.0658. The molecule has 0 spiro atoms. The Hall–Kier alpha value is -1.78. The molecule has 1 N–H and O–H groups in total. The molecule has 1 saturated heterocycles. The number of aliphatic hydroxyl groups excluding tert-OH is 1. The zero-order valence-electron chi connectivity index (χ0n) is 10.2. The summed E-state index contributed by atoms with van der Waals surface area (Å²) < 4.78 is 37.3. The van der Waals surface area contributed by atoms with Crippen LogP contribution in [0.4, 0.5) is 13.2 Å². The van der Waals surface area contributed by atoms with Gasteiger partial charge in [-0.2, -0.15) is 13.2 Å². The Labute approximate surface area is 108 Å². The van der Waals surface area contributed by atoms with Crippen LogP contribution in [0.15, 0.2) is 12.0 Å². The van der Waals surface area contributed by atoms with Crippen molar-refractivity contribution in [2.75, 3.05) is 6.54 Å². The van der Waals surface area contributed by atoms with Gasteiger partial charge in [0.1, 0.15) is 0 Å². The number of alkyl halides is 3. The largest absolute Gasteiger partial charge is 0.505 e. The van der Waals surface area contributed by atoms with Gasteiger partial charge in [-0.3, -0.25) is 4.79 Å². The first kappa shape index (κ1) is 15.3. The Morgan fingerprint density at radius 3 is 2.74 bits per heavy atom. The van der Waals surface area contributed by atoms with Gasteiger partial charge in [-0.05, 0) is 25.7 Å². The van der Waals surface area contributed by atoms with Crippen LogP contribution in [-0.4, -0.2) is 34.7 Å². The maximum atomic E-state index is 12.4. The van der Waals surface area contributed by atoms with Crippen molar-refractivity contribution < 1.29 is 23.1 Å². The van der Waals surface area contributed by atoms with Gasteiger partial charge in [-0.1, -0.05) is 0 Å². The maximum Gasteiger partial charge on any atom is 0.471 e. The van der Waals surface area contributed by atoms with Crippen LogP contribution in [-0.2, 0) is 4.79 Å². The van der Waals surface area contributed by atoms with Crippen molar-refractivity contribution in [2.45, 2.75) is 44.3 Å². The molecule has 1 unspecified atom stereocenters. The molecule has 0 radical (unpaired) electrons. The van der Waals surface area contributed by atoms with Crippen molar-refractivity contribution in [3.8, 4) is 0 Å². The van der Waals surface area contributed by atoms with Gasteiger partial charge in [0.25, 0.3) is 0 Å². The number of carbonyl (C=O) groups is 1. The summed E-state index contributed by atoms with van der Waals surface area (Å²) in [5.74, 6) is -2.06. The Kier molecular flexibility index (Phi) is 5.15. The highest BCUT2D eigenvalue weighted by atomic mass is 19.4. The number of diazo groups is 1. The molecule has 106 valence electrons. The van der Waals surface area contributed by atoms with Crippen LogP contribution in [0.5, 0.6) is 0 Å². The summed E-state index contributed by atoms with van der Waals surface area (Å²) in [7, 11) is 0. The van der Waals surface area contributed by atoms with Gasteiger partial charge in [0.2, 0.25) is 5.39 Å². The van der Waals surface area contributed by atoms with Crippen molar-refractivity contribution in [1.82, 2.24) is 4.90 Å². The number of rotatable bonds is 3. The first-order chi connectivity index (χ1) is 8.86. The molecule has 0 saturated carbocycles. The Balaban J connectivity index is 2.66. The number of halogens is 3. The van der Waals surface area contributed by atoms with Gasteiger partial charge >= 0.3 is 18.3 Å². The summed E-state index contributed by atoms with van der Waals surface area (Å²) in [4.78, 5) is 14.7. The van der Waals surface area contributed by atoms with E-state index >= 15 is 0 Å². The van der Waals surface area contributed by atoms with Crippen LogP contribution in [0, 0.1) is 5.39 Å². The van der Waals surface area contributed by atoms with E-state index in [1.165, 1.54) is 0 Å². The van der Waals surface area contributed by atoms with Crippen LogP contribution in [0.2, 0.25) is 0 Å². The summed E-state index contributed by atoms with van der Waals surface area (Å²) in [6, 6.07) is -0.544. The molecule has 1 atom stereocenters. The van der Waals surface area contributed by atoms with Crippen LogP contribution in [0.1, 0.15) is 32.1 Å². The first-order valence-corrected chi connectivity index (χ1v) is 5.96. The maximum absolute atomic E-state index is 12.4. The lowest BCUT2D eigenvalue weighted by atomic mass is 9.97. The third-order valence-corrected chi connectivity index (χ3v) is 3.07. The van der Waals surface area contributed by atoms with Gasteiger partial charge in [0.15, 0.2) is 10.7 Å². The average Bonchev–Trinajstić information content (AvgIpc) is 2.35. The molecule has 0 aromatic heterocycles. The Bertz CT molecular complexity index is 401. The SMILES string of the molecule is N#[N+]/C=C(\O)CCC1CCCCN1C(=O)C(F)(F)F. The van der Waals surface area contributed by atoms with Crippen molar-refractivity contribution in [2.24, 2.45) is 0 Å². The fourth-order valence-electron chi connectivity index (χ4n) is 2.18. The summed E-state index contributed by atoms with van der Waals surface area (Å²) in [5.41, 5.74) is 0. The molecule has 19 heavy (non-hydrogen) atoms. The summed E-state index contributed by atoms with van der Waals surface area (Å²) in [6.45, 7) is 0.0812. The third kappa shape index (κ3) is 4.43. The van der Waals surface area contributed by atoms with E-state index in [0.717, 1.165) is 17.5 Å². The number of amides is 1. The molecule has 0 aliphatic carbocycles. The first-order valence-electron chi connectivity index (χ1n) is 5.96. The number of hydrogen-bond donors (Lipinski definition) is 1. The van der Waals surface area contributed by atoms with Gasteiger partial charge in [-0.25, -0.2) is 0 Å². The molecule has 0 aromatic rings. The second-order valence-electron chi connectivity index (χ2n) is 4.42. The number of hydrogen-bond acceptors (Lipinski definition) is 3. The lowest BCUT2D eigenvalue weighted by molar-refractivity contribution is -0.189. The lowest BCUT2D eigenvalue weighted by Gasteiger charge is -2.36. The standard InChI is InChI=1S/C11H14F3N3O2/c12-11(13,14)10(19)17-6-2-1-3-8(17)4-5-9(18)7-16-15/h7-8H,1-6H2/p+1/b9-7-. The predicted octanol–water partition coefficient (Wildman–Crippen LogP) is 2.96. The zero-order chi connectivity index (χ0) is 14.5. The topological polar surface area (TPSA) is 68.7 Å². The van der Waals surface area contributed by atoms with Crippen molar-refractivity contribution in [3.63, 3.8) is 0 Å². The molecule has 0 bridgehead atoms. The predicted molar refractivity (Wildman–Crippen MR) is 60.4 cm³/mol. The molecule has 1 aliphatic heterocycles. The van der Waals surface area contributed by atoms with Crippen molar-refractivity contribution in [1.29, 1.82) is 5.39 Å². The number of piperidine rings is 1. The zero-order valence-corrected chi connectivity index (χ0v) is 10.2. The van der Waals surface area contributed by atoms with Crippen LogP contribution in [0.25, 0.3) is 4.98 Å². The van der Waals surface area contributed by atoms with Crippen LogP contribution >= 0.6 is 0 Å². The fourth-order valence-corrected chi connectivity index (χ4v) is 2.18. The normalized spacial score (nSPS) is 21.1.